The number of aromatic nitrogens is 1. The summed E-state index contributed by atoms with van der Waals surface area (Å²) in [7, 11) is 2.04. The summed E-state index contributed by atoms with van der Waals surface area (Å²) in [4.78, 5) is 4.63. The largest absolute Gasteiger partial charge is 0.357 e. The van der Waals surface area contributed by atoms with Crippen molar-refractivity contribution < 1.29 is 0 Å². The van der Waals surface area contributed by atoms with Crippen molar-refractivity contribution in [1.82, 2.24) is 15.2 Å². The van der Waals surface area contributed by atoms with Crippen LogP contribution in [0.2, 0.25) is 0 Å². The van der Waals surface area contributed by atoms with Crippen molar-refractivity contribution in [1.29, 1.82) is 0 Å². The van der Waals surface area contributed by atoms with E-state index in [0.717, 1.165) is 30.8 Å². The van der Waals surface area contributed by atoms with Crippen LogP contribution in [0, 0.1) is 0 Å². The van der Waals surface area contributed by atoms with E-state index in [1.165, 1.54) is 24.2 Å². The van der Waals surface area contributed by atoms with E-state index in [1.54, 1.807) is 0 Å². The highest BCUT2D eigenvalue weighted by molar-refractivity contribution is 14.0. The van der Waals surface area contributed by atoms with Crippen LogP contribution in [0.4, 0.5) is 0 Å². The lowest BCUT2D eigenvalue weighted by molar-refractivity contribution is 0.727. The van der Waals surface area contributed by atoms with E-state index in [0.29, 0.717) is 0 Å². The fraction of sp³-hybridized carbons (Fsp3) is 0.643. The smallest absolute Gasteiger partial charge is 0.191 e. The number of thioether (sulfide) groups is 1. The number of aliphatic imine (C=N–C) groups is 1. The van der Waals surface area contributed by atoms with E-state index in [4.69, 9.17) is 0 Å². The molecule has 20 heavy (non-hydrogen) atoms. The van der Waals surface area contributed by atoms with Gasteiger partial charge in [0.25, 0.3) is 0 Å². The molecule has 1 aromatic heterocycles. The Morgan fingerprint density at radius 3 is 2.95 bits per heavy atom. The van der Waals surface area contributed by atoms with Crippen molar-refractivity contribution >= 4 is 41.7 Å². The van der Waals surface area contributed by atoms with Gasteiger partial charge in [-0.25, -0.2) is 4.99 Å². The maximum atomic E-state index is 4.63. The Bertz CT molecular complexity index is 413. The summed E-state index contributed by atoms with van der Waals surface area (Å²) < 4.78 is 2.06. The minimum absolute atomic E-state index is 0. The van der Waals surface area contributed by atoms with Crippen molar-refractivity contribution in [3.05, 3.63) is 24.0 Å². The summed E-state index contributed by atoms with van der Waals surface area (Å²) in [5, 5.41) is 7.51. The summed E-state index contributed by atoms with van der Waals surface area (Å²) in [6.07, 6.45) is 6.85. The van der Waals surface area contributed by atoms with Crippen LogP contribution in [0.5, 0.6) is 0 Å². The zero-order valence-corrected chi connectivity index (χ0v) is 15.4. The van der Waals surface area contributed by atoms with E-state index in [2.05, 4.69) is 57.3 Å². The quantitative estimate of drug-likeness (QED) is 0.447. The minimum Gasteiger partial charge on any atom is -0.357 e. The summed E-state index contributed by atoms with van der Waals surface area (Å²) in [6, 6.07) is 2.11. The molecule has 0 aromatic carbocycles. The fourth-order valence-electron chi connectivity index (χ4n) is 2.18. The molecule has 0 aliphatic carbocycles. The lowest BCUT2D eigenvalue weighted by Gasteiger charge is -2.14. The highest BCUT2D eigenvalue weighted by Gasteiger charge is 2.15. The molecule has 2 N–H and O–H groups in total. The molecule has 2 rings (SSSR count). The first-order valence-electron chi connectivity index (χ1n) is 7.02. The molecule has 1 aromatic rings. The average molecular weight is 408 g/mol. The molecule has 114 valence electrons. The Morgan fingerprint density at radius 2 is 2.35 bits per heavy atom. The van der Waals surface area contributed by atoms with Gasteiger partial charge in [0.05, 0.1) is 6.54 Å². The van der Waals surface area contributed by atoms with Crippen LogP contribution in [0.1, 0.15) is 25.3 Å². The molecule has 6 heteroatoms. The van der Waals surface area contributed by atoms with Gasteiger partial charge in [-0.2, -0.15) is 11.8 Å². The number of guanidine groups is 1. The molecular formula is C14H25IN4S. The predicted octanol–water partition coefficient (Wildman–Crippen LogP) is 2.59. The monoisotopic (exact) mass is 408 g/mol. The van der Waals surface area contributed by atoms with Gasteiger partial charge in [0.2, 0.25) is 0 Å². The van der Waals surface area contributed by atoms with Crippen LogP contribution in [-0.2, 0) is 13.6 Å². The number of aryl methyl sites for hydroxylation is 1. The van der Waals surface area contributed by atoms with Crippen LogP contribution >= 0.6 is 35.7 Å². The van der Waals surface area contributed by atoms with Gasteiger partial charge in [0.15, 0.2) is 5.96 Å². The van der Waals surface area contributed by atoms with Gasteiger partial charge in [-0.3, -0.25) is 0 Å². The lowest BCUT2D eigenvalue weighted by atomic mass is 10.2. The standard InChI is InChI=1S/C14H24N4S.HI/c1-3-15-14(17-10-13-5-4-8-19-13)16-9-12-6-7-18(2)11-12;/h6-7,11,13H,3-5,8-10H2,1-2H3,(H2,15,16,17);1H. The molecule has 1 unspecified atom stereocenters. The summed E-state index contributed by atoms with van der Waals surface area (Å²) in [5.41, 5.74) is 1.25. The first-order valence-corrected chi connectivity index (χ1v) is 8.07. The Labute approximate surface area is 143 Å². The molecule has 0 amide bonds. The van der Waals surface area contributed by atoms with Crippen molar-refractivity contribution in [2.45, 2.75) is 31.6 Å². The second-order valence-electron chi connectivity index (χ2n) is 4.90. The van der Waals surface area contributed by atoms with E-state index in [-0.39, 0.29) is 24.0 Å². The highest BCUT2D eigenvalue weighted by atomic mass is 127. The van der Waals surface area contributed by atoms with Gasteiger partial charge < -0.3 is 15.2 Å². The van der Waals surface area contributed by atoms with Crippen molar-refractivity contribution in [2.24, 2.45) is 12.0 Å². The van der Waals surface area contributed by atoms with E-state index < -0.39 is 0 Å². The van der Waals surface area contributed by atoms with Crippen molar-refractivity contribution in [2.75, 3.05) is 18.8 Å². The van der Waals surface area contributed by atoms with Crippen LogP contribution in [0.3, 0.4) is 0 Å². The first-order chi connectivity index (χ1) is 9.28. The molecule has 4 nitrogen and oxygen atoms in total. The van der Waals surface area contributed by atoms with Crippen LogP contribution < -0.4 is 10.6 Å². The molecule has 1 fully saturated rings. The summed E-state index contributed by atoms with van der Waals surface area (Å²) in [6.45, 7) is 4.75. The Hall–Kier alpha value is -0.370. The molecule has 0 spiro atoms. The predicted molar refractivity (Wildman–Crippen MR) is 99.1 cm³/mol. The number of nitrogens with zero attached hydrogens (tertiary/aromatic N) is 2. The van der Waals surface area contributed by atoms with Gasteiger partial charge in [-0.15, -0.1) is 24.0 Å². The zero-order valence-electron chi connectivity index (χ0n) is 12.3. The molecule has 2 heterocycles. The maximum Gasteiger partial charge on any atom is 0.191 e. The van der Waals surface area contributed by atoms with E-state index in [9.17, 15) is 0 Å². The lowest BCUT2D eigenvalue weighted by Crippen LogP contribution is -2.40. The Balaban J connectivity index is 0.00000200. The second-order valence-corrected chi connectivity index (χ2v) is 6.30. The van der Waals surface area contributed by atoms with Gasteiger partial charge in [-0.1, -0.05) is 0 Å². The third kappa shape index (κ3) is 5.95. The summed E-state index contributed by atoms with van der Waals surface area (Å²) in [5.74, 6) is 2.24. The van der Waals surface area contributed by atoms with Crippen molar-refractivity contribution in [3.8, 4) is 0 Å². The number of halogens is 1. The Kier molecular flexibility index (Phi) is 8.44. The number of rotatable bonds is 5. The molecule has 1 aliphatic heterocycles. The van der Waals surface area contributed by atoms with Crippen LogP contribution in [0.15, 0.2) is 23.5 Å². The highest BCUT2D eigenvalue weighted by Crippen LogP contribution is 2.25. The van der Waals surface area contributed by atoms with E-state index >= 15 is 0 Å². The van der Waals surface area contributed by atoms with E-state index in [1.807, 2.05) is 7.05 Å². The molecule has 1 atom stereocenters. The minimum atomic E-state index is 0. The van der Waals surface area contributed by atoms with Gasteiger partial charge >= 0.3 is 0 Å². The van der Waals surface area contributed by atoms with Crippen molar-refractivity contribution in [3.63, 3.8) is 0 Å². The average Bonchev–Trinajstić information content (AvgIpc) is 3.04. The maximum absolute atomic E-state index is 4.63. The fourth-order valence-corrected chi connectivity index (χ4v) is 3.38. The summed E-state index contributed by atoms with van der Waals surface area (Å²) >= 11 is 2.07. The number of hydrogen-bond acceptors (Lipinski definition) is 2. The Morgan fingerprint density at radius 1 is 1.50 bits per heavy atom. The van der Waals surface area contributed by atoms with Gasteiger partial charge in [0, 0.05) is 37.8 Å². The van der Waals surface area contributed by atoms with Crippen LogP contribution in [0.25, 0.3) is 0 Å². The topological polar surface area (TPSA) is 41.4 Å². The molecule has 0 bridgehead atoms. The molecule has 0 saturated carbocycles. The third-order valence-electron chi connectivity index (χ3n) is 3.18. The molecular weight excluding hydrogens is 383 g/mol. The normalized spacial score (nSPS) is 18.7. The molecule has 0 radical (unpaired) electrons. The second kappa shape index (κ2) is 9.55. The zero-order chi connectivity index (χ0) is 13.5. The molecule has 1 saturated heterocycles. The first kappa shape index (κ1) is 17.7. The number of nitrogens with one attached hydrogen (secondary N) is 2. The van der Waals surface area contributed by atoms with Gasteiger partial charge in [-0.05, 0) is 37.1 Å². The van der Waals surface area contributed by atoms with Gasteiger partial charge in [0.1, 0.15) is 0 Å². The number of hydrogen-bond donors (Lipinski definition) is 2. The molecule has 1 aliphatic rings. The SMILES string of the molecule is CCNC(=NCc1ccn(C)c1)NCC1CCCS1.I. The van der Waals surface area contributed by atoms with Crippen LogP contribution in [-0.4, -0.2) is 34.6 Å². The third-order valence-corrected chi connectivity index (χ3v) is 4.58.